The summed E-state index contributed by atoms with van der Waals surface area (Å²) in [6.45, 7) is 2.50. The van der Waals surface area contributed by atoms with E-state index in [0.717, 1.165) is 32.6 Å². The molecule has 1 saturated heterocycles. The summed E-state index contributed by atoms with van der Waals surface area (Å²) in [5.74, 6) is 0. The molecule has 0 radical (unpaired) electrons. The second-order valence-electron chi connectivity index (χ2n) is 4.69. The summed E-state index contributed by atoms with van der Waals surface area (Å²) < 4.78 is 5.52. The molecule has 2 atom stereocenters. The summed E-state index contributed by atoms with van der Waals surface area (Å²) in [5.41, 5.74) is 2.50. The smallest absolute Gasteiger partial charge is 0.0716 e. The standard InChI is InChI=1S/C13H19N3OS/c1-2-4-14-10(3-1)12-8-18-9-13(16-12)11-7-17-6-5-15-11/h2,4,8-11,14-16H,1,3,5-7H2. The quantitative estimate of drug-likeness (QED) is 0.701. The number of ether oxygens (including phenoxy) is 1. The van der Waals surface area contributed by atoms with Crippen LogP contribution < -0.4 is 16.0 Å². The molecule has 18 heavy (non-hydrogen) atoms. The zero-order chi connectivity index (χ0) is 12.2. The van der Waals surface area contributed by atoms with E-state index in [1.54, 1.807) is 11.8 Å². The summed E-state index contributed by atoms with van der Waals surface area (Å²) in [6, 6.07) is 0.713. The summed E-state index contributed by atoms with van der Waals surface area (Å²) in [6.07, 6.45) is 6.53. The van der Waals surface area contributed by atoms with E-state index < -0.39 is 0 Å². The fourth-order valence-corrected chi connectivity index (χ4v) is 3.18. The first-order valence-electron chi connectivity index (χ1n) is 6.48. The average Bonchev–Trinajstić information content (AvgIpc) is 2.49. The van der Waals surface area contributed by atoms with Crippen LogP contribution in [-0.4, -0.2) is 31.8 Å². The molecule has 0 aromatic rings. The molecule has 2 unspecified atom stereocenters. The Kier molecular flexibility index (Phi) is 3.93. The average molecular weight is 265 g/mol. The molecule has 3 aliphatic rings. The molecule has 0 aromatic carbocycles. The Morgan fingerprint density at radius 2 is 2.11 bits per heavy atom. The van der Waals surface area contributed by atoms with E-state index in [9.17, 15) is 0 Å². The van der Waals surface area contributed by atoms with Gasteiger partial charge >= 0.3 is 0 Å². The highest BCUT2D eigenvalue weighted by atomic mass is 32.2. The molecule has 5 heteroatoms. The molecule has 3 heterocycles. The van der Waals surface area contributed by atoms with Crippen LogP contribution in [0.15, 0.2) is 34.5 Å². The lowest BCUT2D eigenvalue weighted by molar-refractivity contribution is 0.0855. The monoisotopic (exact) mass is 265 g/mol. The first kappa shape index (κ1) is 12.1. The van der Waals surface area contributed by atoms with Gasteiger partial charge in [0.2, 0.25) is 0 Å². The van der Waals surface area contributed by atoms with Gasteiger partial charge in [0.25, 0.3) is 0 Å². The van der Waals surface area contributed by atoms with Crippen LogP contribution in [0.3, 0.4) is 0 Å². The Morgan fingerprint density at radius 1 is 1.22 bits per heavy atom. The number of nitrogens with one attached hydrogen (secondary N) is 3. The predicted molar refractivity (Wildman–Crippen MR) is 74.8 cm³/mol. The SMILES string of the molecule is C1=CNC(C2=CSC=C(C3COCCN3)N2)CC1. The summed E-state index contributed by atoms with van der Waals surface area (Å²) in [5, 5.41) is 14.8. The first-order valence-corrected chi connectivity index (χ1v) is 7.42. The number of allylic oxidation sites excluding steroid dienone is 1. The molecule has 0 spiro atoms. The van der Waals surface area contributed by atoms with E-state index in [2.05, 4.69) is 39.0 Å². The van der Waals surface area contributed by atoms with Gasteiger partial charge in [-0.25, -0.2) is 0 Å². The Bertz CT molecular complexity index is 386. The highest BCUT2D eigenvalue weighted by Gasteiger charge is 2.23. The van der Waals surface area contributed by atoms with Gasteiger partial charge in [-0.1, -0.05) is 6.08 Å². The van der Waals surface area contributed by atoms with Crippen molar-refractivity contribution >= 4 is 11.8 Å². The number of morpholine rings is 1. The van der Waals surface area contributed by atoms with E-state index in [4.69, 9.17) is 4.74 Å². The van der Waals surface area contributed by atoms with Crippen molar-refractivity contribution in [2.45, 2.75) is 24.9 Å². The Morgan fingerprint density at radius 3 is 2.83 bits per heavy atom. The normalized spacial score (nSPS) is 32.0. The van der Waals surface area contributed by atoms with E-state index in [-0.39, 0.29) is 0 Å². The third-order valence-electron chi connectivity index (χ3n) is 3.39. The second-order valence-corrected chi connectivity index (χ2v) is 5.43. The number of hydrogen-bond acceptors (Lipinski definition) is 5. The zero-order valence-corrected chi connectivity index (χ0v) is 11.1. The maximum atomic E-state index is 5.52. The lowest BCUT2D eigenvalue weighted by Crippen LogP contribution is -2.47. The largest absolute Gasteiger partial charge is 0.383 e. The summed E-state index contributed by atoms with van der Waals surface area (Å²) in [7, 11) is 0. The van der Waals surface area contributed by atoms with Crippen molar-refractivity contribution in [1.82, 2.24) is 16.0 Å². The Hall–Kier alpha value is -0.910. The van der Waals surface area contributed by atoms with Gasteiger partial charge < -0.3 is 20.7 Å². The highest BCUT2D eigenvalue weighted by Crippen LogP contribution is 2.23. The number of hydrogen-bond donors (Lipinski definition) is 3. The molecule has 0 amide bonds. The molecule has 0 aliphatic carbocycles. The van der Waals surface area contributed by atoms with Crippen molar-refractivity contribution in [2.75, 3.05) is 19.8 Å². The van der Waals surface area contributed by atoms with Crippen LogP contribution in [-0.2, 0) is 4.74 Å². The van der Waals surface area contributed by atoms with E-state index in [0.29, 0.717) is 12.1 Å². The minimum atomic E-state index is 0.300. The van der Waals surface area contributed by atoms with Gasteiger partial charge in [0.15, 0.2) is 0 Å². The van der Waals surface area contributed by atoms with Crippen LogP contribution >= 0.6 is 11.8 Å². The van der Waals surface area contributed by atoms with Crippen molar-refractivity contribution in [3.8, 4) is 0 Å². The Balaban J connectivity index is 1.62. The van der Waals surface area contributed by atoms with Crippen molar-refractivity contribution in [2.24, 2.45) is 0 Å². The maximum Gasteiger partial charge on any atom is 0.0716 e. The zero-order valence-electron chi connectivity index (χ0n) is 10.3. The lowest BCUT2D eigenvalue weighted by atomic mass is 10.1. The summed E-state index contributed by atoms with van der Waals surface area (Å²) in [4.78, 5) is 0. The van der Waals surface area contributed by atoms with Crippen molar-refractivity contribution in [3.63, 3.8) is 0 Å². The van der Waals surface area contributed by atoms with Gasteiger partial charge in [0.1, 0.15) is 0 Å². The van der Waals surface area contributed by atoms with Gasteiger partial charge in [-0.2, -0.15) is 0 Å². The number of thioether (sulfide) groups is 1. The van der Waals surface area contributed by atoms with Crippen molar-refractivity contribution < 1.29 is 4.74 Å². The molecule has 0 bridgehead atoms. The fraction of sp³-hybridized carbons (Fsp3) is 0.538. The van der Waals surface area contributed by atoms with E-state index >= 15 is 0 Å². The predicted octanol–water partition coefficient (Wildman–Crippen LogP) is 1.26. The number of rotatable bonds is 2. The fourth-order valence-electron chi connectivity index (χ4n) is 2.37. The van der Waals surface area contributed by atoms with Crippen LogP contribution in [0, 0.1) is 0 Å². The minimum Gasteiger partial charge on any atom is -0.383 e. The molecule has 1 fully saturated rings. The van der Waals surface area contributed by atoms with Crippen LogP contribution in [0.2, 0.25) is 0 Å². The van der Waals surface area contributed by atoms with Gasteiger partial charge in [0, 0.05) is 17.9 Å². The minimum absolute atomic E-state index is 0.300. The molecular formula is C13H19N3OS. The highest BCUT2D eigenvalue weighted by molar-refractivity contribution is 8.05. The van der Waals surface area contributed by atoms with Gasteiger partial charge in [0.05, 0.1) is 25.3 Å². The van der Waals surface area contributed by atoms with E-state index in [1.807, 2.05) is 0 Å². The maximum absolute atomic E-state index is 5.52. The van der Waals surface area contributed by atoms with Crippen LogP contribution in [0.25, 0.3) is 0 Å². The molecule has 98 valence electrons. The molecule has 4 nitrogen and oxygen atoms in total. The molecule has 3 N–H and O–H groups in total. The van der Waals surface area contributed by atoms with Crippen LogP contribution in [0.1, 0.15) is 12.8 Å². The molecule has 3 aliphatic heterocycles. The van der Waals surface area contributed by atoms with Crippen molar-refractivity contribution in [1.29, 1.82) is 0 Å². The van der Waals surface area contributed by atoms with Crippen LogP contribution in [0.4, 0.5) is 0 Å². The second kappa shape index (κ2) is 5.82. The van der Waals surface area contributed by atoms with Crippen molar-refractivity contribution in [3.05, 3.63) is 34.5 Å². The lowest BCUT2D eigenvalue weighted by Gasteiger charge is -2.32. The first-order chi connectivity index (χ1) is 8.93. The van der Waals surface area contributed by atoms with Crippen LogP contribution in [0.5, 0.6) is 0 Å². The Labute approximate surface area is 112 Å². The van der Waals surface area contributed by atoms with E-state index in [1.165, 1.54) is 11.4 Å². The molecule has 3 rings (SSSR count). The van der Waals surface area contributed by atoms with Gasteiger partial charge in [-0.3, -0.25) is 0 Å². The van der Waals surface area contributed by atoms with Gasteiger partial charge in [-0.05, 0) is 29.9 Å². The molecular weight excluding hydrogens is 246 g/mol. The molecule has 0 saturated carbocycles. The third kappa shape index (κ3) is 2.74. The molecule has 0 aromatic heterocycles. The summed E-state index contributed by atoms with van der Waals surface area (Å²) >= 11 is 1.75. The third-order valence-corrected chi connectivity index (χ3v) is 4.17. The van der Waals surface area contributed by atoms with Gasteiger partial charge in [-0.15, -0.1) is 11.8 Å². The topological polar surface area (TPSA) is 45.3 Å².